The zero-order valence-corrected chi connectivity index (χ0v) is 22.4. The summed E-state index contributed by atoms with van der Waals surface area (Å²) in [5, 5.41) is 6.30. The summed E-state index contributed by atoms with van der Waals surface area (Å²) < 4.78 is 6.18. The first kappa shape index (κ1) is 26.1. The van der Waals surface area contributed by atoms with Gasteiger partial charge in [0.2, 0.25) is 5.91 Å². The molecule has 3 unspecified atom stereocenters. The second kappa shape index (κ2) is 9.99. The van der Waals surface area contributed by atoms with Gasteiger partial charge < -0.3 is 10.1 Å². The van der Waals surface area contributed by atoms with Gasteiger partial charge in [-0.25, -0.2) is 4.98 Å². The Morgan fingerprint density at radius 1 is 1.15 bits per heavy atom. The highest BCUT2D eigenvalue weighted by atomic mass is 32.1. The maximum absolute atomic E-state index is 12.9. The minimum absolute atomic E-state index is 0.00240. The van der Waals surface area contributed by atoms with Gasteiger partial charge in [-0.1, -0.05) is 27.7 Å². The number of hydrogen-bond donors (Lipinski definition) is 1. The third-order valence-electron chi connectivity index (χ3n) is 7.39. The average Bonchev–Trinajstić information content (AvgIpc) is 3.12. The largest absolute Gasteiger partial charge is 0.366 e. The van der Waals surface area contributed by atoms with E-state index in [0.29, 0.717) is 19.3 Å². The molecule has 184 valence electrons. The summed E-state index contributed by atoms with van der Waals surface area (Å²) in [4.78, 5) is 30.3. The summed E-state index contributed by atoms with van der Waals surface area (Å²) in [5.41, 5.74) is 1.63. The molecule has 1 aromatic rings. The van der Waals surface area contributed by atoms with E-state index < -0.39 is 0 Å². The lowest BCUT2D eigenvalue weighted by Gasteiger charge is -2.34. The molecule has 2 aliphatic rings. The number of fused-ring (bicyclic) bond motifs is 1. The van der Waals surface area contributed by atoms with Crippen molar-refractivity contribution in [3.63, 3.8) is 0 Å². The smallest absolute Gasteiger partial charge is 0.220 e. The van der Waals surface area contributed by atoms with Gasteiger partial charge >= 0.3 is 0 Å². The Morgan fingerprint density at radius 3 is 2.55 bits per heavy atom. The molecule has 33 heavy (non-hydrogen) atoms. The minimum Gasteiger partial charge on any atom is -0.366 e. The van der Waals surface area contributed by atoms with E-state index in [1.165, 1.54) is 0 Å². The van der Waals surface area contributed by atoms with Crippen LogP contribution in [0.15, 0.2) is 11.0 Å². The lowest BCUT2D eigenvalue weighted by atomic mass is 9.70. The van der Waals surface area contributed by atoms with Crippen LogP contribution in [0.3, 0.4) is 0 Å². The first-order valence-corrected chi connectivity index (χ1v) is 13.3. The zero-order chi connectivity index (χ0) is 24.4. The number of epoxide rings is 1. The van der Waals surface area contributed by atoms with Crippen molar-refractivity contribution < 1.29 is 14.3 Å². The molecule has 2 aliphatic heterocycles. The van der Waals surface area contributed by atoms with Crippen molar-refractivity contribution >= 4 is 29.1 Å². The number of amides is 1. The lowest BCUT2D eigenvalue weighted by molar-refractivity contribution is -0.129. The summed E-state index contributed by atoms with van der Waals surface area (Å²) in [7, 11) is 0. The summed E-state index contributed by atoms with van der Waals surface area (Å²) in [6.45, 7) is 14.9. The average molecular weight is 475 g/mol. The first-order chi connectivity index (χ1) is 15.3. The van der Waals surface area contributed by atoms with Crippen LogP contribution in [-0.4, -0.2) is 34.4 Å². The molecule has 1 aromatic heterocycles. The van der Waals surface area contributed by atoms with Crippen LogP contribution < -0.4 is 5.32 Å². The molecule has 0 aromatic carbocycles. The first-order valence-electron chi connectivity index (χ1n) is 12.4. The van der Waals surface area contributed by atoms with E-state index in [4.69, 9.17) is 4.74 Å². The van der Waals surface area contributed by atoms with Gasteiger partial charge in [0.25, 0.3) is 0 Å². The van der Waals surface area contributed by atoms with Gasteiger partial charge in [0.1, 0.15) is 5.78 Å². The van der Waals surface area contributed by atoms with E-state index in [9.17, 15) is 9.59 Å². The van der Waals surface area contributed by atoms with E-state index in [0.717, 1.165) is 48.4 Å². The summed E-state index contributed by atoms with van der Waals surface area (Å²) in [6, 6.07) is -0.0946. The zero-order valence-electron chi connectivity index (χ0n) is 21.5. The number of rotatable bonds is 2. The Kier molecular flexibility index (Phi) is 7.89. The fourth-order valence-electron chi connectivity index (χ4n) is 5.48. The number of aromatic nitrogens is 1. The highest BCUT2D eigenvalue weighted by Gasteiger charge is 2.52. The Hall–Kier alpha value is -1.53. The van der Waals surface area contributed by atoms with Gasteiger partial charge in [0, 0.05) is 30.1 Å². The molecular formula is C27H42N2O3S. The molecule has 2 fully saturated rings. The fraction of sp³-hybridized carbons (Fsp3) is 0.741. The van der Waals surface area contributed by atoms with E-state index in [1.807, 2.05) is 12.3 Å². The van der Waals surface area contributed by atoms with E-state index in [-0.39, 0.29) is 40.3 Å². The fourth-order valence-corrected chi connectivity index (χ4v) is 6.05. The molecule has 0 aliphatic carbocycles. The minimum atomic E-state index is -0.368. The Morgan fingerprint density at radius 2 is 1.88 bits per heavy atom. The van der Waals surface area contributed by atoms with Gasteiger partial charge in [0.15, 0.2) is 0 Å². The maximum Gasteiger partial charge on any atom is 0.220 e. The Labute approximate surface area is 203 Å². The molecule has 3 heterocycles. The number of hydrogen-bond acceptors (Lipinski definition) is 5. The highest BCUT2D eigenvalue weighted by Crippen LogP contribution is 2.46. The summed E-state index contributed by atoms with van der Waals surface area (Å²) in [5.74, 6) is 0.266. The van der Waals surface area contributed by atoms with Crippen LogP contribution in [0.1, 0.15) is 104 Å². The van der Waals surface area contributed by atoms with E-state index in [2.05, 4.69) is 57.9 Å². The molecule has 1 amide bonds. The second-order valence-electron chi connectivity index (χ2n) is 11.8. The number of carbonyl (C=O) groups is 2. The predicted molar refractivity (Wildman–Crippen MR) is 135 cm³/mol. The summed E-state index contributed by atoms with van der Waals surface area (Å²) in [6.07, 6.45) is 8.43. The normalized spacial score (nSPS) is 31.5. The number of thiazole rings is 1. The van der Waals surface area contributed by atoms with Crippen LogP contribution in [0.5, 0.6) is 0 Å². The molecule has 3 atom stereocenters. The molecule has 2 saturated heterocycles. The third kappa shape index (κ3) is 7.22. The van der Waals surface area contributed by atoms with Crippen LogP contribution in [0.25, 0.3) is 6.08 Å². The van der Waals surface area contributed by atoms with E-state index in [1.54, 1.807) is 11.3 Å². The van der Waals surface area contributed by atoms with Crippen LogP contribution in [-0.2, 0) is 14.3 Å². The van der Waals surface area contributed by atoms with Crippen molar-refractivity contribution in [3.8, 4) is 0 Å². The summed E-state index contributed by atoms with van der Waals surface area (Å²) >= 11 is 1.63. The Bertz CT molecular complexity index is 901. The number of Topliss-reactive ketones (excluding diaryl/α,β-unsaturated/α-hetero) is 1. The molecule has 0 spiro atoms. The van der Waals surface area contributed by atoms with Crippen LogP contribution in [0.2, 0.25) is 0 Å². The quantitative estimate of drug-likeness (QED) is 0.514. The molecule has 1 N–H and O–H groups in total. The van der Waals surface area contributed by atoms with Crippen molar-refractivity contribution in [3.05, 3.63) is 21.7 Å². The van der Waals surface area contributed by atoms with Gasteiger partial charge in [-0.15, -0.1) is 11.3 Å². The van der Waals surface area contributed by atoms with Crippen LogP contribution >= 0.6 is 11.3 Å². The van der Waals surface area contributed by atoms with Gasteiger partial charge in [-0.2, -0.15) is 0 Å². The van der Waals surface area contributed by atoms with Gasteiger partial charge in [0.05, 0.1) is 28.4 Å². The van der Waals surface area contributed by atoms with Gasteiger partial charge in [-0.3, -0.25) is 9.59 Å². The second-order valence-corrected chi connectivity index (χ2v) is 12.9. The number of nitrogens with zero attached hydrogens (tertiary/aromatic N) is 1. The molecule has 0 saturated carbocycles. The monoisotopic (exact) mass is 474 g/mol. The standard InChI is InChI=1S/C27H42N2O3S/c1-18(14-20-16-33-19(2)28-20)21-15-23-27(7,32-23)13-9-12-25(3,4)17-26(5,6)22(30)10-8-11-24(31)29-21/h14,16,21,23H,8-13,15,17H2,1-7H3,(H,29,31)/b18-14+. The Balaban J connectivity index is 1.77. The molecule has 3 rings (SSSR count). The van der Waals surface area contributed by atoms with Crippen molar-refractivity contribution in [2.75, 3.05) is 0 Å². The predicted octanol–water partition coefficient (Wildman–Crippen LogP) is 6.25. The molecule has 0 bridgehead atoms. The van der Waals surface area contributed by atoms with Crippen LogP contribution in [0.4, 0.5) is 0 Å². The van der Waals surface area contributed by atoms with Crippen molar-refractivity contribution in [2.24, 2.45) is 10.8 Å². The molecule has 6 heteroatoms. The SMILES string of the molecule is C/C(=C\c1csc(C)n1)C1CC2OC2(C)CCCC(C)(C)CC(C)(C)C(=O)CCCC(=O)N1. The number of carbonyl (C=O) groups excluding carboxylic acids is 2. The van der Waals surface area contributed by atoms with Crippen molar-refractivity contribution in [1.82, 2.24) is 10.3 Å². The van der Waals surface area contributed by atoms with Gasteiger partial charge in [-0.05, 0) is 69.9 Å². The van der Waals surface area contributed by atoms with Crippen molar-refractivity contribution in [1.29, 1.82) is 0 Å². The maximum atomic E-state index is 12.9. The number of ether oxygens (including phenoxy) is 1. The molecular weight excluding hydrogens is 432 g/mol. The number of nitrogens with one attached hydrogen (secondary N) is 1. The lowest BCUT2D eigenvalue weighted by Crippen LogP contribution is -2.37. The third-order valence-corrected chi connectivity index (χ3v) is 8.18. The topological polar surface area (TPSA) is 71.6 Å². The van der Waals surface area contributed by atoms with Crippen molar-refractivity contribution in [2.45, 2.75) is 118 Å². The number of ketones is 1. The molecule has 0 radical (unpaired) electrons. The number of aryl methyl sites for hydroxylation is 1. The highest BCUT2D eigenvalue weighted by molar-refractivity contribution is 7.09. The molecule has 5 nitrogen and oxygen atoms in total. The van der Waals surface area contributed by atoms with E-state index >= 15 is 0 Å². The van der Waals surface area contributed by atoms with Crippen LogP contribution in [0, 0.1) is 17.8 Å².